The predicted octanol–water partition coefficient (Wildman–Crippen LogP) is 5.30. The van der Waals surface area contributed by atoms with E-state index in [1.807, 2.05) is 56.3 Å². The Bertz CT molecular complexity index is 1010. The second-order valence-corrected chi connectivity index (χ2v) is 8.70. The molecule has 0 bridgehead atoms. The van der Waals surface area contributed by atoms with Crippen molar-refractivity contribution in [2.24, 2.45) is 0 Å². The topological polar surface area (TPSA) is 36.4 Å². The molecule has 0 fully saturated rings. The number of rotatable bonds is 5. The fourth-order valence-electron chi connectivity index (χ4n) is 2.82. The maximum Gasteiger partial charge on any atom is 0.256 e. The van der Waals surface area contributed by atoms with E-state index in [4.69, 9.17) is 0 Å². The molecule has 0 saturated carbocycles. The summed E-state index contributed by atoms with van der Waals surface area (Å²) in [5.74, 6) is 0.607. The molecular weight excluding hydrogens is 469 g/mol. The van der Waals surface area contributed by atoms with E-state index in [-0.39, 0.29) is 5.91 Å². The van der Waals surface area contributed by atoms with Crippen LogP contribution in [0.3, 0.4) is 0 Å². The normalized spacial score (nSPS) is 11.6. The van der Waals surface area contributed by atoms with E-state index in [2.05, 4.69) is 46.0 Å². The zero-order chi connectivity index (χ0) is 19.6. The van der Waals surface area contributed by atoms with Crippen LogP contribution in [0.5, 0.6) is 0 Å². The van der Waals surface area contributed by atoms with Crippen molar-refractivity contribution in [1.82, 2.24) is 9.27 Å². The maximum absolute atomic E-state index is 13.2. The number of carbonyl (C=O) groups is 1. The number of nitrogens with zero attached hydrogens (tertiary/aromatic N) is 3. The fraction of sp³-hybridized carbons (Fsp3) is 0.238. The molecular formula is C21H22IN3OS. The molecule has 0 spiro atoms. The van der Waals surface area contributed by atoms with Crippen molar-refractivity contribution in [1.29, 1.82) is 0 Å². The number of amides is 1. The zero-order valence-electron chi connectivity index (χ0n) is 15.9. The van der Waals surface area contributed by atoms with Gasteiger partial charge in [0.05, 0.1) is 10.4 Å². The molecule has 0 unspecified atom stereocenters. The summed E-state index contributed by atoms with van der Waals surface area (Å²) in [7, 11) is 3.96. The molecule has 2 aromatic carbocycles. The number of likely N-dealkylation sites (N-methyl/N-ethyl adjacent to an activating group) is 1. The van der Waals surface area contributed by atoms with Gasteiger partial charge in [-0.05, 0) is 97.5 Å². The number of benzene rings is 2. The minimum Gasteiger partial charge on any atom is -0.306 e. The first-order valence-corrected chi connectivity index (χ1v) is 10.5. The summed E-state index contributed by atoms with van der Waals surface area (Å²) in [6.07, 6.45) is 3.53. The van der Waals surface area contributed by atoms with Crippen LogP contribution in [0.15, 0.2) is 48.6 Å². The number of anilines is 2. The van der Waals surface area contributed by atoms with Gasteiger partial charge in [-0.25, -0.2) is 0 Å². The van der Waals surface area contributed by atoms with Crippen molar-refractivity contribution in [2.75, 3.05) is 25.5 Å². The summed E-state index contributed by atoms with van der Waals surface area (Å²) >= 11 is 3.75. The molecule has 0 radical (unpaired) electrons. The highest BCUT2D eigenvalue weighted by atomic mass is 127. The van der Waals surface area contributed by atoms with Crippen molar-refractivity contribution in [3.63, 3.8) is 0 Å². The Hall–Kier alpha value is -1.77. The van der Waals surface area contributed by atoms with Crippen molar-refractivity contribution >= 4 is 61.6 Å². The van der Waals surface area contributed by atoms with Crippen LogP contribution < -0.4 is 4.90 Å². The summed E-state index contributed by atoms with van der Waals surface area (Å²) < 4.78 is 6.89. The van der Waals surface area contributed by atoms with Gasteiger partial charge in [0, 0.05) is 21.6 Å². The highest BCUT2D eigenvalue weighted by Crippen LogP contribution is 2.36. The van der Waals surface area contributed by atoms with Crippen molar-refractivity contribution in [2.45, 2.75) is 13.8 Å². The number of hydrogen-bond donors (Lipinski definition) is 0. The summed E-state index contributed by atoms with van der Waals surface area (Å²) in [4.78, 5) is 17.0. The van der Waals surface area contributed by atoms with Crippen molar-refractivity contribution in [3.05, 3.63) is 63.2 Å². The van der Waals surface area contributed by atoms with Crippen LogP contribution in [-0.2, 0) is 4.79 Å². The Morgan fingerprint density at radius 3 is 2.67 bits per heavy atom. The van der Waals surface area contributed by atoms with Crippen LogP contribution in [0.25, 0.3) is 10.1 Å². The van der Waals surface area contributed by atoms with Gasteiger partial charge in [0.25, 0.3) is 5.91 Å². The fourth-order valence-corrected chi connectivity index (χ4v) is 4.20. The molecule has 0 aliphatic heterocycles. The molecule has 0 aliphatic rings. The minimum atomic E-state index is -0.0865. The Morgan fingerprint density at radius 2 is 1.93 bits per heavy atom. The monoisotopic (exact) mass is 491 g/mol. The number of aromatic nitrogens is 1. The molecule has 0 aliphatic carbocycles. The highest BCUT2D eigenvalue weighted by molar-refractivity contribution is 14.1. The number of hydrogen-bond acceptors (Lipinski definition) is 4. The third kappa shape index (κ3) is 4.39. The molecule has 3 aromatic rings. The van der Waals surface area contributed by atoms with E-state index in [0.717, 1.165) is 26.9 Å². The predicted molar refractivity (Wildman–Crippen MR) is 123 cm³/mol. The lowest BCUT2D eigenvalue weighted by atomic mass is 10.1. The van der Waals surface area contributed by atoms with Crippen LogP contribution in [0, 0.1) is 17.4 Å². The van der Waals surface area contributed by atoms with E-state index in [9.17, 15) is 4.79 Å². The Kier molecular flexibility index (Phi) is 6.29. The Balaban J connectivity index is 2.14. The molecule has 4 nitrogen and oxygen atoms in total. The second kappa shape index (κ2) is 8.50. The molecule has 0 N–H and O–H groups in total. The van der Waals surface area contributed by atoms with Crippen LogP contribution in [0.2, 0.25) is 0 Å². The SMILES string of the molecule is Cc1cc(N(C(=O)/C=C/CN(C)C)c2nsc3ccccc23)c(C)cc1I. The third-order valence-corrected chi connectivity index (χ3v) is 6.22. The maximum atomic E-state index is 13.2. The molecule has 6 heteroatoms. The van der Waals surface area contributed by atoms with E-state index < -0.39 is 0 Å². The smallest absolute Gasteiger partial charge is 0.256 e. The molecule has 1 amide bonds. The van der Waals surface area contributed by atoms with Gasteiger partial charge in [-0.1, -0.05) is 18.2 Å². The zero-order valence-corrected chi connectivity index (χ0v) is 18.8. The molecule has 3 rings (SSSR count). The van der Waals surface area contributed by atoms with Gasteiger partial charge in [0.1, 0.15) is 0 Å². The average molecular weight is 491 g/mol. The third-order valence-electron chi connectivity index (χ3n) is 4.24. The summed E-state index contributed by atoms with van der Waals surface area (Å²) in [5.41, 5.74) is 3.07. The van der Waals surface area contributed by atoms with Gasteiger partial charge < -0.3 is 4.90 Å². The Labute approximate surface area is 177 Å². The lowest BCUT2D eigenvalue weighted by Gasteiger charge is -2.23. The van der Waals surface area contributed by atoms with Crippen LogP contribution >= 0.6 is 34.1 Å². The summed E-state index contributed by atoms with van der Waals surface area (Å²) in [6, 6.07) is 12.2. The second-order valence-electron chi connectivity index (χ2n) is 6.73. The quantitative estimate of drug-likeness (QED) is 0.359. The molecule has 0 saturated heterocycles. The van der Waals surface area contributed by atoms with Gasteiger partial charge in [-0.15, -0.1) is 0 Å². The molecule has 140 valence electrons. The number of halogens is 1. The van der Waals surface area contributed by atoms with Gasteiger partial charge in [0.15, 0.2) is 5.82 Å². The summed E-state index contributed by atoms with van der Waals surface area (Å²) in [5, 5.41) is 0.993. The standard InChI is InChI=1S/C21H22IN3OS/c1-14-13-18(15(2)12-17(14)22)25(20(26)10-7-11-24(3)4)21-16-8-5-6-9-19(16)27-23-21/h5-10,12-13H,11H2,1-4H3/b10-7+. The van der Waals surface area contributed by atoms with E-state index in [0.29, 0.717) is 12.4 Å². The van der Waals surface area contributed by atoms with Gasteiger partial charge in [-0.2, -0.15) is 4.37 Å². The van der Waals surface area contributed by atoms with Gasteiger partial charge in [0.2, 0.25) is 0 Å². The van der Waals surface area contributed by atoms with E-state index in [1.165, 1.54) is 15.1 Å². The van der Waals surface area contributed by atoms with Crippen molar-refractivity contribution in [3.8, 4) is 0 Å². The van der Waals surface area contributed by atoms with Crippen LogP contribution in [-0.4, -0.2) is 35.8 Å². The number of aryl methyl sites for hydroxylation is 2. The molecule has 27 heavy (non-hydrogen) atoms. The van der Waals surface area contributed by atoms with E-state index >= 15 is 0 Å². The van der Waals surface area contributed by atoms with Gasteiger partial charge >= 0.3 is 0 Å². The first kappa shape index (κ1) is 20.0. The molecule has 0 atom stereocenters. The highest BCUT2D eigenvalue weighted by Gasteiger charge is 2.23. The van der Waals surface area contributed by atoms with Crippen molar-refractivity contribution < 1.29 is 4.79 Å². The van der Waals surface area contributed by atoms with Crippen LogP contribution in [0.4, 0.5) is 11.5 Å². The Morgan fingerprint density at radius 1 is 1.19 bits per heavy atom. The summed E-state index contributed by atoms with van der Waals surface area (Å²) in [6.45, 7) is 4.81. The largest absolute Gasteiger partial charge is 0.306 e. The first-order chi connectivity index (χ1) is 12.9. The molecule has 1 aromatic heterocycles. The van der Waals surface area contributed by atoms with E-state index in [1.54, 1.807) is 11.0 Å². The van der Waals surface area contributed by atoms with Crippen LogP contribution in [0.1, 0.15) is 11.1 Å². The van der Waals surface area contributed by atoms with Gasteiger partial charge in [-0.3, -0.25) is 9.69 Å². The molecule has 1 heterocycles. The first-order valence-electron chi connectivity index (χ1n) is 8.65. The average Bonchev–Trinajstić information content (AvgIpc) is 3.03. The lowest BCUT2D eigenvalue weighted by Crippen LogP contribution is -2.25. The number of carbonyl (C=O) groups excluding carboxylic acids is 1. The minimum absolute atomic E-state index is 0.0865. The number of fused-ring (bicyclic) bond motifs is 1. The lowest BCUT2D eigenvalue weighted by molar-refractivity contribution is -0.113.